The molecule has 0 rings (SSSR count). The van der Waals surface area contributed by atoms with Gasteiger partial charge in [0.15, 0.2) is 6.10 Å². The average Bonchev–Trinajstić information content (AvgIpc) is 3.16. The number of unbranched alkanes of at least 4 members (excludes halogenated alkanes) is 23. The minimum atomic E-state index is -4.61. The Morgan fingerprint density at radius 1 is 0.556 bits per heavy atom. The molecule has 0 aromatic rings. The van der Waals surface area contributed by atoms with Crippen LogP contribution in [0.2, 0.25) is 0 Å². The number of carbonyl (C=O) groups excluding carboxylic acids is 2. The summed E-state index contributed by atoms with van der Waals surface area (Å²) < 4.78 is 32.7. The highest BCUT2D eigenvalue weighted by Gasteiger charge is 2.27. The number of phosphoric acid groups is 1. The van der Waals surface area contributed by atoms with Crippen molar-refractivity contribution in [1.29, 1.82) is 0 Å². The van der Waals surface area contributed by atoms with Crippen LogP contribution < -0.4 is 0 Å². The number of aliphatic hydroxyl groups excluding tert-OH is 2. The Morgan fingerprint density at radius 3 is 1.46 bits per heavy atom. The van der Waals surface area contributed by atoms with Gasteiger partial charge in [0.2, 0.25) is 0 Å². The standard InChI is InChI=1S/C43H81O10P/c1-3-5-7-9-11-13-15-17-19-20-21-23-25-27-29-31-33-35-43(47)53-41(39-52-54(48,49)51-37-40(45)36-44)38-50-42(46)34-32-30-28-26-24-22-18-16-14-12-10-8-6-4-2/h11,13,17,19,40-41,44-45H,3-10,12,14-16,18,20-39H2,1-2H3,(H,48,49)/b13-11-,19-17-/t40-,41+/m0/s1. The third kappa shape index (κ3) is 38.7. The molecular formula is C43H81O10P. The van der Waals surface area contributed by atoms with E-state index in [1.807, 2.05) is 0 Å². The molecule has 0 aromatic carbocycles. The van der Waals surface area contributed by atoms with Gasteiger partial charge >= 0.3 is 19.8 Å². The number of aliphatic hydroxyl groups is 2. The van der Waals surface area contributed by atoms with Crippen LogP contribution in [0, 0.1) is 0 Å². The van der Waals surface area contributed by atoms with Crippen molar-refractivity contribution in [2.24, 2.45) is 0 Å². The second-order valence-electron chi connectivity index (χ2n) is 14.7. The highest BCUT2D eigenvalue weighted by molar-refractivity contribution is 7.47. The fourth-order valence-electron chi connectivity index (χ4n) is 5.96. The summed E-state index contributed by atoms with van der Waals surface area (Å²) in [6.45, 7) is 2.36. The van der Waals surface area contributed by atoms with Crippen LogP contribution in [-0.2, 0) is 32.7 Å². The van der Waals surface area contributed by atoms with Crippen molar-refractivity contribution in [3.05, 3.63) is 24.3 Å². The van der Waals surface area contributed by atoms with E-state index in [-0.39, 0.29) is 19.4 Å². The van der Waals surface area contributed by atoms with Crippen molar-refractivity contribution in [1.82, 2.24) is 0 Å². The molecule has 3 atom stereocenters. The summed E-state index contributed by atoms with van der Waals surface area (Å²) in [6, 6.07) is 0. The zero-order valence-corrected chi connectivity index (χ0v) is 35.3. The van der Waals surface area contributed by atoms with E-state index in [2.05, 4.69) is 42.7 Å². The summed E-state index contributed by atoms with van der Waals surface area (Å²) in [5.41, 5.74) is 0. The Kier molecular flexibility index (Phi) is 38.5. The third-order valence-corrected chi connectivity index (χ3v) is 10.3. The van der Waals surface area contributed by atoms with Gasteiger partial charge in [0.25, 0.3) is 0 Å². The molecule has 0 spiro atoms. The lowest BCUT2D eigenvalue weighted by Gasteiger charge is -2.20. The summed E-state index contributed by atoms with van der Waals surface area (Å²) >= 11 is 0. The molecule has 0 bridgehead atoms. The quantitative estimate of drug-likeness (QED) is 0.0236. The van der Waals surface area contributed by atoms with Crippen LogP contribution in [0.1, 0.15) is 200 Å². The maximum atomic E-state index is 12.6. The van der Waals surface area contributed by atoms with E-state index in [0.29, 0.717) is 12.8 Å². The average molecular weight is 789 g/mol. The fourth-order valence-corrected chi connectivity index (χ4v) is 6.75. The van der Waals surface area contributed by atoms with Crippen LogP contribution in [0.4, 0.5) is 0 Å². The molecule has 0 heterocycles. The van der Waals surface area contributed by atoms with Gasteiger partial charge in [0, 0.05) is 12.8 Å². The summed E-state index contributed by atoms with van der Waals surface area (Å²) in [5, 5.41) is 18.3. The van der Waals surface area contributed by atoms with E-state index in [9.17, 15) is 24.2 Å². The van der Waals surface area contributed by atoms with Gasteiger partial charge in [-0.1, -0.05) is 167 Å². The second kappa shape index (κ2) is 39.7. The molecule has 0 amide bonds. The first-order valence-electron chi connectivity index (χ1n) is 21.8. The van der Waals surface area contributed by atoms with Gasteiger partial charge < -0.3 is 24.6 Å². The van der Waals surface area contributed by atoms with Gasteiger partial charge in [-0.05, 0) is 44.9 Å². The largest absolute Gasteiger partial charge is 0.472 e. The predicted octanol–water partition coefficient (Wildman–Crippen LogP) is 11.4. The zero-order chi connectivity index (χ0) is 39.8. The molecule has 0 aliphatic rings. The SMILES string of the molecule is CCCCC/C=C\C/C=C\CCCCCCCCCC(=O)O[C@H](COC(=O)CCCCCCCCCCCCCCCC)COP(=O)(O)OC[C@@H](O)CO. The summed E-state index contributed by atoms with van der Waals surface area (Å²) in [6.07, 6.45) is 38.5. The third-order valence-electron chi connectivity index (χ3n) is 9.36. The molecule has 11 heteroatoms. The van der Waals surface area contributed by atoms with E-state index in [4.69, 9.17) is 19.1 Å². The first-order chi connectivity index (χ1) is 26.2. The number of esters is 2. The van der Waals surface area contributed by atoms with E-state index in [0.717, 1.165) is 51.4 Å². The second-order valence-corrected chi connectivity index (χ2v) is 16.2. The van der Waals surface area contributed by atoms with E-state index in [1.54, 1.807) is 0 Å². The molecular weight excluding hydrogens is 707 g/mol. The molecule has 0 aliphatic heterocycles. The molecule has 0 aliphatic carbocycles. The Morgan fingerprint density at radius 2 is 0.963 bits per heavy atom. The molecule has 1 unspecified atom stereocenters. The Labute approximate surface area is 329 Å². The Bertz CT molecular complexity index is 957. The van der Waals surface area contributed by atoms with Crippen LogP contribution >= 0.6 is 7.82 Å². The molecule has 0 fully saturated rings. The lowest BCUT2D eigenvalue weighted by atomic mass is 10.0. The molecule has 54 heavy (non-hydrogen) atoms. The summed E-state index contributed by atoms with van der Waals surface area (Å²) in [5.74, 6) is -0.926. The van der Waals surface area contributed by atoms with E-state index < -0.39 is 51.8 Å². The topological polar surface area (TPSA) is 149 Å². The van der Waals surface area contributed by atoms with Crippen LogP contribution in [-0.4, -0.2) is 65.7 Å². The van der Waals surface area contributed by atoms with Gasteiger partial charge in [0.1, 0.15) is 12.7 Å². The maximum Gasteiger partial charge on any atom is 0.472 e. The molecule has 0 saturated heterocycles. The van der Waals surface area contributed by atoms with Gasteiger partial charge in [-0.2, -0.15) is 0 Å². The maximum absolute atomic E-state index is 12.6. The van der Waals surface area contributed by atoms with Crippen LogP contribution in [0.3, 0.4) is 0 Å². The van der Waals surface area contributed by atoms with Crippen molar-refractivity contribution < 1.29 is 47.8 Å². The highest BCUT2D eigenvalue weighted by atomic mass is 31.2. The molecule has 318 valence electrons. The number of rotatable bonds is 41. The number of allylic oxidation sites excluding steroid dienone is 4. The van der Waals surface area contributed by atoms with Crippen molar-refractivity contribution in [2.45, 2.75) is 212 Å². The van der Waals surface area contributed by atoms with Gasteiger partial charge in [-0.3, -0.25) is 18.6 Å². The van der Waals surface area contributed by atoms with E-state index >= 15 is 0 Å². The van der Waals surface area contributed by atoms with Crippen molar-refractivity contribution >= 4 is 19.8 Å². The lowest BCUT2D eigenvalue weighted by Crippen LogP contribution is -2.29. The number of hydrogen-bond acceptors (Lipinski definition) is 9. The number of ether oxygens (including phenoxy) is 2. The van der Waals surface area contributed by atoms with Crippen LogP contribution in [0.15, 0.2) is 24.3 Å². The minimum absolute atomic E-state index is 0.178. The van der Waals surface area contributed by atoms with Crippen molar-refractivity contribution in [2.75, 3.05) is 26.4 Å². The number of carbonyl (C=O) groups is 2. The fraction of sp³-hybridized carbons (Fsp3) is 0.860. The molecule has 3 N–H and O–H groups in total. The normalized spacial score (nSPS) is 14.1. The number of phosphoric ester groups is 1. The van der Waals surface area contributed by atoms with Crippen LogP contribution in [0.25, 0.3) is 0 Å². The highest BCUT2D eigenvalue weighted by Crippen LogP contribution is 2.43. The molecule has 10 nitrogen and oxygen atoms in total. The Hall–Kier alpha value is -1.55. The zero-order valence-electron chi connectivity index (χ0n) is 34.4. The summed E-state index contributed by atoms with van der Waals surface area (Å²) in [4.78, 5) is 35.0. The van der Waals surface area contributed by atoms with Gasteiger partial charge in [0.05, 0.1) is 19.8 Å². The number of hydrogen-bond donors (Lipinski definition) is 3. The first kappa shape index (κ1) is 52.5. The van der Waals surface area contributed by atoms with Gasteiger partial charge in [-0.25, -0.2) is 4.57 Å². The minimum Gasteiger partial charge on any atom is -0.462 e. The first-order valence-corrected chi connectivity index (χ1v) is 23.3. The van der Waals surface area contributed by atoms with Crippen molar-refractivity contribution in [3.8, 4) is 0 Å². The van der Waals surface area contributed by atoms with Crippen LogP contribution in [0.5, 0.6) is 0 Å². The van der Waals surface area contributed by atoms with E-state index in [1.165, 1.54) is 109 Å². The van der Waals surface area contributed by atoms with Crippen molar-refractivity contribution in [3.63, 3.8) is 0 Å². The lowest BCUT2D eigenvalue weighted by molar-refractivity contribution is -0.161. The van der Waals surface area contributed by atoms with Gasteiger partial charge in [-0.15, -0.1) is 0 Å². The molecule has 0 saturated carbocycles. The smallest absolute Gasteiger partial charge is 0.462 e. The molecule has 0 radical (unpaired) electrons. The Balaban J connectivity index is 4.29. The predicted molar refractivity (Wildman–Crippen MR) is 219 cm³/mol. The summed E-state index contributed by atoms with van der Waals surface area (Å²) in [7, 11) is -4.61. The molecule has 0 aromatic heterocycles. The monoisotopic (exact) mass is 789 g/mol.